The summed E-state index contributed by atoms with van der Waals surface area (Å²) in [6.45, 7) is 6.46. The van der Waals surface area contributed by atoms with Gasteiger partial charge in [0.05, 0.1) is 0 Å². The molecule has 0 saturated heterocycles. The molecule has 0 spiro atoms. The average Bonchev–Trinajstić information content (AvgIpc) is 3.18. The molecule has 6 nitrogen and oxygen atoms in total. The Kier molecular flexibility index (Phi) is 41.5. The SMILES string of the molecule is CCCC/C=C\C=C/CCCCCC(=O)OC(COC(=O)CCCCC/C=C\C=C/CCCCCCCCC)COC(=O)CCCCCC/C=C\CCCC. The highest BCUT2D eigenvalue weighted by molar-refractivity contribution is 5.71. The summed E-state index contributed by atoms with van der Waals surface area (Å²) in [6, 6.07) is 0. The van der Waals surface area contributed by atoms with E-state index in [1.54, 1.807) is 0 Å². The fourth-order valence-electron chi connectivity index (χ4n) is 5.98. The van der Waals surface area contributed by atoms with E-state index in [0.717, 1.165) is 103 Å². The number of unbranched alkanes of at least 4 members (excludes halogenated alkanes) is 21. The third-order valence-corrected chi connectivity index (χ3v) is 9.52. The zero-order valence-electron chi connectivity index (χ0n) is 35.9. The number of rotatable bonds is 40. The standard InChI is InChI=1S/C49H84O6/c1-4-7-10-13-16-19-22-23-24-25-26-28-30-33-36-39-42-48(51)54-45-46(44-53-47(50)41-38-35-32-29-21-18-15-12-9-6-3)55-49(52)43-40-37-34-31-27-20-17-14-11-8-5-2/h14-15,17-18,20,24-28,46H,4-13,16,19,21-23,29-45H2,1-3H3/b17-14-,18-15-,25-24-,27-20-,28-26-. The molecule has 0 rings (SSSR count). The average molecular weight is 769 g/mol. The molecule has 0 N–H and O–H groups in total. The van der Waals surface area contributed by atoms with E-state index in [1.165, 1.54) is 70.6 Å². The van der Waals surface area contributed by atoms with E-state index in [2.05, 4.69) is 81.5 Å². The minimum atomic E-state index is -0.800. The van der Waals surface area contributed by atoms with Crippen LogP contribution in [0.2, 0.25) is 0 Å². The van der Waals surface area contributed by atoms with Crippen LogP contribution in [0.25, 0.3) is 0 Å². The van der Waals surface area contributed by atoms with Crippen LogP contribution in [0.15, 0.2) is 60.8 Å². The Labute approximate surface area is 339 Å². The number of ether oxygens (including phenoxy) is 3. The van der Waals surface area contributed by atoms with Crippen molar-refractivity contribution in [1.82, 2.24) is 0 Å². The molecule has 0 aliphatic heterocycles. The zero-order chi connectivity index (χ0) is 40.1. The molecule has 0 aliphatic rings. The van der Waals surface area contributed by atoms with Crippen molar-refractivity contribution >= 4 is 17.9 Å². The third-order valence-electron chi connectivity index (χ3n) is 9.52. The van der Waals surface area contributed by atoms with Gasteiger partial charge >= 0.3 is 17.9 Å². The minimum absolute atomic E-state index is 0.100. The lowest BCUT2D eigenvalue weighted by molar-refractivity contribution is -0.167. The van der Waals surface area contributed by atoms with E-state index >= 15 is 0 Å². The summed E-state index contributed by atoms with van der Waals surface area (Å²) in [5, 5.41) is 0. The molecule has 55 heavy (non-hydrogen) atoms. The summed E-state index contributed by atoms with van der Waals surface area (Å²) in [5.41, 5.74) is 0. The summed E-state index contributed by atoms with van der Waals surface area (Å²) in [4.78, 5) is 37.7. The summed E-state index contributed by atoms with van der Waals surface area (Å²) in [5.74, 6) is -0.974. The summed E-state index contributed by atoms with van der Waals surface area (Å²) in [7, 11) is 0. The maximum Gasteiger partial charge on any atom is 0.306 e. The lowest BCUT2D eigenvalue weighted by atomic mass is 10.1. The van der Waals surface area contributed by atoms with E-state index in [9.17, 15) is 14.4 Å². The van der Waals surface area contributed by atoms with E-state index in [4.69, 9.17) is 14.2 Å². The van der Waals surface area contributed by atoms with Gasteiger partial charge in [-0.25, -0.2) is 0 Å². The van der Waals surface area contributed by atoms with E-state index in [0.29, 0.717) is 12.8 Å². The van der Waals surface area contributed by atoms with Crippen LogP contribution in [-0.4, -0.2) is 37.2 Å². The van der Waals surface area contributed by atoms with Crippen molar-refractivity contribution in [2.75, 3.05) is 13.2 Å². The first-order valence-corrected chi connectivity index (χ1v) is 22.8. The van der Waals surface area contributed by atoms with Crippen molar-refractivity contribution in [2.45, 2.75) is 219 Å². The molecule has 0 amide bonds. The molecular formula is C49H84O6. The van der Waals surface area contributed by atoms with Gasteiger partial charge < -0.3 is 14.2 Å². The molecule has 0 heterocycles. The molecule has 0 aromatic heterocycles. The smallest absolute Gasteiger partial charge is 0.306 e. The molecule has 0 aromatic carbocycles. The van der Waals surface area contributed by atoms with Gasteiger partial charge in [0.25, 0.3) is 0 Å². The van der Waals surface area contributed by atoms with E-state index in [-0.39, 0.29) is 37.5 Å². The monoisotopic (exact) mass is 769 g/mol. The Bertz CT molecular complexity index is 1020. The highest BCUT2D eigenvalue weighted by atomic mass is 16.6. The van der Waals surface area contributed by atoms with Crippen molar-refractivity contribution in [3.63, 3.8) is 0 Å². The van der Waals surface area contributed by atoms with Gasteiger partial charge in [-0.3, -0.25) is 14.4 Å². The summed E-state index contributed by atoms with van der Waals surface area (Å²) in [6.07, 6.45) is 52.1. The second kappa shape index (κ2) is 43.8. The predicted octanol–water partition coefficient (Wildman–Crippen LogP) is 14.5. The van der Waals surface area contributed by atoms with Crippen molar-refractivity contribution in [3.05, 3.63) is 60.8 Å². The molecule has 0 aromatic rings. The van der Waals surface area contributed by atoms with Gasteiger partial charge in [0.2, 0.25) is 0 Å². The van der Waals surface area contributed by atoms with Gasteiger partial charge in [0.15, 0.2) is 6.10 Å². The topological polar surface area (TPSA) is 78.9 Å². The number of hydrogen-bond acceptors (Lipinski definition) is 6. The molecule has 316 valence electrons. The zero-order valence-corrected chi connectivity index (χ0v) is 35.9. The predicted molar refractivity (Wildman–Crippen MR) is 233 cm³/mol. The van der Waals surface area contributed by atoms with E-state index in [1.807, 2.05) is 0 Å². The Morgan fingerprint density at radius 3 is 1.11 bits per heavy atom. The first kappa shape index (κ1) is 52.1. The number of esters is 3. The number of allylic oxidation sites excluding steroid dienone is 10. The lowest BCUT2D eigenvalue weighted by Gasteiger charge is -2.18. The molecule has 1 atom stereocenters. The van der Waals surface area contributed by atoms with Gasteiger partial charge in [-0.15, -0.1) is 0 Å². The highest BCUT2D eigenvalue weighted by Gasteiger charge is 2.19. The van der Waals surface area contributed by atoms with Gasteiger partial charge in [-0.1, -0.05) is 171 Å². The molecule has 0 saturated carbocycles. The van der Waals surface area contributed by atoms with Crippen molar-refractivity contribution in [1.29, 1.82) is 0 Å². The molecule has 0 aliphatic carbocycles. The Morgan fingerprint density at radius 2 is 0.673 bits per heavy atom. The second-order valence-electron chi connectivity index (χ2n) is 15.0. The van der Waals surface area contributed by atoms with Gasteiger partial charge in [-0.05, 0) is 83.5 Å². The van der Waals surface area contributed by atoms with Gasteiger partial charge in [-0.2, -0.15) is 0 Å². The number of carbonyl (C=O) groups excluding carboxylic acids is 3. The Balaban J connectivity index is 4.44. The van der Waals surface area contributed by atoms with Crippen molar-refractivity contribution in [3.8, 4) is 0 Å². The molecular weight excluding hydrogens is 685 g/mol. The maximum atomic E-state index is 12.7. The minimum Gasteiger partial charge on any atom is -0.462 e. The fraction of sp³-hybridized carbons (Fsp3) is 0.735. The quantitative estimate of drug-likeness (QED) is 0.0203. The fourth-order valence-corrected chi connectivity index (χ4v) is 5.98. The molecule has 0 bridgehead atoms. The van der Waals surface area contributed by atoms with Gasteiger partial charge in [0, 0.05) is 19.3 Å². The van der Waals surface area contributed by atoms with Gasteiger partial charge in [0.1, 0.15) is 13.2 Å². The maximum absolute atomic E-state index is 12.7. The summed E-state index contributed by atoms with van der Waals surface area (Å²) >= 11 is 0. The van der Waals surface area contributed by atoms with Crippen LogP contribution in [-0.2, 0) is 28.6 Å². The lowest BCUT2D eigenvalue weighted by Crippen LogP contribution is -2.30. The van der Waals surface area contributed by atoms with Crippen LogP contribution in [0.3, 0.4) is 0 Å². The van der Waals surface area contributed by atoms with Crippen LogP contribution < -0.4 is 0 Å². The van der Waals surface area contributed by atoms with Crippen LogP contribution in [0.1, 0.15) is 213 Å². The summed E-state index contributed by atoms with van der Waals surface area (Å²) < 4.78 is 16.6. The first-order valence-electron chi connectivity index (χ1n) is 22.8. The third kappa shape index (κ3) is 42.1. The van der Waals surface area contributed by atoms with E-state index < -0.39 is 6.10 Å². The normalized spacial score (nSPS) is 12.6. The number of carbonyl (C=O) groups is 3. The molecule has 1 unspecified atom stereocenters. The molecule has 0 fully saturated rings. The first-order chi connectivity index (χ1) is 27.0. The molecule has 6 heteroatoms. The number of hydrogen-bond donors (Lipinski definition) is 0. The van der Waals surface area contributed by atoms with Crippen LogP contribution in [0.5, 0.6) is 0 Å². The molecule has 0 radical (unpaired) electrons. The van der Waals surface area contributed by atoms with Crippen LogP contribution in [0, 0.1) is 0 Å². The van der Waals surface area contributed by atoms with Crippen molar-refractivity contribution < 1.29 is 28.6 Å². The largest absolute Gasteiger partial charge is 0.462 e. The highest BCUT2D eigenvalue weighted by Crippen LogP contribution is 2.12. The Morgan fingerprint density at radius 1 is 0.364 bits per heavy atom. The van der Waals surface area contributed by atoms with Crippen LogP contribution in [0.4, 0.5) is 0 Å². The van der Waals surface area contributed by atoms with Crippen molar-refractivity contribution in [2.24, 2.45) is 0 Å². The van der Waals surface area contributed by atoms with Crippen LogP contribution >= 0.6 is 0 Å². The Hall–Kier alpha value is -2.89. The second-order valence-corrected chi connectivity index (χ2v) is 15.0.